The maximum Gasteiger partial charge on any atom is 0.240 e. The number of benzene rings is 1. The number of hydrogen-bond acceptors (Lipinski definition) is 6. The number of fused-ring (bicyclic) bond motifs is 1. The van der Waals surface area contributed by atoms with Crippen LogP contribution in [0.3, 0.4) is 0 Å². The van der Waals surface area contributed by atoms with Crippen LogP contribution in [0, 0.1) is 6.92 Å². The molecule has 1 saturated heterocycles. The van der Waals surface area contributed by atoms with Crippen LogP contribution >= 0.6 is 22.9 Å². The predicted molar refractivity (Wildman–Crippen MR) is 115 cm³/mol. The smallest absolute Gasteiger partial charge is 0.240 e. The van der Waals surface area contributed by atoms with E-state index in [0.717, 1.165) is 15.6 Å². The molecule has 1 aromatic carbocycles. The zero-order valence-corrected chi connectivity index (χ0v) is 18.1. The molecule has 29 heavy (non-hydrogen) atoms. The number of pyridine rings is 1. The summed E-state index contributed by atoms with van der Waals surface area (Å²) in [6.45, 7) is 2.89. The molecule has 152 valence electrons. The highest BCUT2D eigenvalue weighted by Crippen LogP contribution is 2.36. The van der Waals surface area contributed by atoms with Gasteiger partial charge in [0.25, 0.3) is 0 Å². The number of likely N-dealkylation sites (tertiary alicyclic amines) is 1. The molecular weight excluding hydrogens is 430 g/mol. The van der Waals surface area contributed by atoms with Gasteiger partial charge in [-0.2, -0.15) is 0 Å². The third-order valence-corrected chi connectivity index (χ3v) is 8.81. The highest BCUT2D eigenvalue weighted by Gasteiger charge is 2.33. The summed E-state index contributed by atoms with van der Waals surface area (Å²) in [6, 6.07) is 8.62. The first-order chi connectivity index (χ1) is 13.8. The van der Waals surface area contributed by atoms with E-state index in [1.807, 2.05) is 18.2 Å². The Morgan fingerprint density at radius 2 is 2.03 bits per heavy atom. The van der Waals surface area contributed by atoms with Crippen molar-refractivity contribution in [3.05, 3.63) is 58.9 Å². The summed E-state index contributed by atoms with van der Waals surface area (Å²) in [5.74, 6) is -0.342. The minimum Gasteiger partial charge on any atom is -0.337 e. The number of sulfone groups is 1. The van der Waals surface area contributed by atoms with Crippen LogP contribution in [0.25, 0.3) is 10.1 Å². The molecule has 9 heteroatoms. The molecule has 2 aromatic heterocycles. The van der Waals surface area contributed by atoms with E-state index >= 15 is 0 Å². The lowest BCUT2D eigenvalue weighted by Gasteiger charge is -2.17. The van der Waals surface area contributed by atoms with Crippen molar-refractivity contribution in [2.24, 2.45) is 0 Å². The van der Waals surface area contributed by atoms with Crippen molar-refractivity contribution in [3.63, 3.8) is 0 Å². The van der Waals surface area contributed by atoms with Gasteiger partial charge in [-0.25, -0.2) is 8.42 Å². The second-order valence-electron chi connectivity index (χ2n) is 7.07. The summed E-state index contributed by atoms with van der Waals surface area (Å²) in [5, 5.41) is 4.38. The van der Waals surface area contributed by atoms with E-state index in [4.69, 9.17) is 11.6 Å². The number of carbonyl (C=O) groups excluding carboxylic acids is 1. The molecule has 0 aliphatic carbocycles. The lowest BCUT2D eigenvalue weighted by atomic mass is 10.2. The van der Waals surface area contributed by atoms with Gasteiger partial charge in [0.2, 0.25) is 15.7 Å². The van der Waals surface area contributed by atoms with Crippen molar-refractivity contribution >= 4 is 48.8 Å². The molecule has 6 nitrogen and oxygen atoms in total. The third kappa shape index (κ3) is 4.16. The van der Waals surface area contributed by atoms with Gasteiger partial charge >= 0.3 is 0 Å². The van der Waals surface area contributed by atoms with E-state index in [9.17, 15) is 13.2 Å². The van der Waals surface area contributed by atoms with E-state index in [0.29, 0.717) is 34.3 Å². The zero-order chi connectivity index (χ0) is 20.6. The summed E-state index contributed by atoms with van der Waals surface area (Å²) in [4.78, 5) is 18.4. The Kier molecular flexibility index (Phi) is 5.61. The van der Waals surface area contributed by atoms with Crippen LogP contribution in [0.15, 0.2) is 46.9 Å². The molecule has 1 aliphatic heterocycles. The van der Waals surface area contributed by atoms with Gasteiger partial charge in [-0.15, -0.1) is 11.3 Å². The van der Waals surface area contributed by atoms with Gasteiger partial charge in [0.1, 0.15) is 10.1 Å². The Labute approximate surface area is 178 Å². The topological polar surface area (TPSA) is 79.4 Å². The minimum atomic E-state index is -3.57. The molecule has 0 saturated carbocycles. The van der Waals surface area contributed by atoms with Crippen LogP contribution < -0.4 is 5.32 Å². The fourth-order valence-corrected chi connectivity index (χ4v) is 6.71. The molecule has 0 radical (unpaired) electrons. The first-order valence-electron chi connectivity index (χ1n) is 9.17. The summed E-state index contributed by atoms with van der Waals surface area (Å²) in [5.41, 5.74) is 1.70. The number of hydrogen-bond donors (Lipinski definition) is 1. The van der Waals surface area contributed by atoms with E-state index in [-0.39, 0.29) is 11.8 Å². The van der Waals surface area contributed by atoms with Crippen molar-refractivity contribution in [2.75, 3.05) is 12.4 Å². The highest BCUT2D eigenvalue weighted by atomic mass is 35.5. The molecule has 0 bridgehead atoms. The van der Waals surface area contributed by atoms with Crippen molar-refractivity contribution < 1.29 is 13.2 Å². The number of aromatic nitrogens is 1. The second kappa shape index (κ2) is 8.02. The maximum absolute atomic E-state index is 12.9. The van der Waals surface area contributed by atoms with Crippen molar-refractivity contribution in [1.82, 2.24) is 15.2 Å². The first-order valence-corrected chi connectivity index (χ1v) is 12.0. The molecule has 4 rings (SSSR count). The van der Waals surface area contributed by atoms with E-state index in [1.54, 1.807) is 36.4 Å². The number of halogens is 1. The van der Waals surface area contributed by atoms with Crippen molar-refractivity contribution in [1.29, 1.82) is 0 Å². The molecule has 0 spiro atoms. The first kappa shape index (κ1) is 20.3. The number of aryl methyl sites for hydroxylation is 1. The number of thiophene rings is 1. The number of nitrogens with one attached hydrogen (secondary N) is 1. The standard InChI is InChI=1S/C20H20ClN3O3S2/c1-13-16-10-15(21)2-3-18(16)28-20(13)29(26,27)12-23-17-6-9-24(19(17)25)11-14-4-7-22-8-5-14/h2-5,7-8,10,17,23H,6,9,11-12H2,1H3/t17-/m0/s1. The third-order valence-electron chi connectivity index (χ3n) is 5.08. The number of nitrogens with zero attached hydrogens (tertiary/aromatic N) is 2. The van der Waals surface area contributed by atoms with Crippen molar-refractivity contribution in [2.45, 2.75) is 30.1 Å². The quantitative estimate of drug-likeness (QED) is 0.624. The molecule has 1 aliphatic rings. The van der Waals surface area contributed by atoms with Gasteiger partial charge in [-0.1, -0.05) is 11.6 Å². The van der Waals surface area contributed by atoms with E-state index < -0.39 is 15.9 Å². The molecular formula is C20H20ClN3O3S2. The van der Waals surface area contributed by atoms with Crippen LogP contribution in [0.1, 0.15) is 17.5 Å². The number of carbonyl (C=O) groups is 1. The van der Waals surface area contributed by atoms with Gasteiger partial charge in [-0.3, -0.25) is 15.1 Å². The Hall–Kier alpha value is -2.00. The molecule has 3 aromatic rings. The monoisotopic (exact) mass is 449 g/mol. The van der Waals surface area contributed by atoms with Crippen LogP contribution in [0.5, 0.6) is 0 Å². The SMILES string of the molecule is Cc1c(S(=O)(=O)CN[C@H]2CCN(Cc3ccncc3)C2=O)sc2ccc(Cl)cc12. The number of rotatable bonds is 6. The van der Waals surface area contributed by atoms with Crippen molar-refractivity contribution in [3.8, 4) is 0 Å². The lowest BCUT2D eigenvalue weighted by Crippen LogP contribution is -2.40. The summed E-state index contributed by atoms with van der Waals surface area (Å²) >= 11 is 7.28. The second-order valence-corrected chi connectivity index (χ2v) is 10.7. The predicted octanol–water partition coefficient (Wildman–Crippen LogP) is 3.38. The summed E-state index contributed by atoms with van der Waals surface area (Å²) in [7, 11) is -3.57. The maximum atomic E-state index is 12.9. The summed E-state index contributed by atoms with van der Waals surface area (Å²) in [6.07, 6.45) is 3.97. The minimum absolute atomic E-state index is 0.0724. The fraction of sp³-hybridized carbons (Fsp3) is 0.300. The molecule has 1 N–H and O–H groups in total. The van der Waals surface area contributed by atoms with Crippen LogP contribution in [0.4, 0.5) is 0 Å². The van der Waals surface area contributed by atoms with Gasteiger partial charge in [0.05, 0.1) is 6.04 Å². The van der Waals surface area contributed by atoms with Crippen LogP contribution in [-0.2, 0) is 21.2 Å². The van der Waals surface area contributed by atoms with E-state index in [1.165, 1.54) is 11.3 Å². The zero-order valence-electron chi connectivity index (χ0n) is 15.8. The highest BCUT2D eigenvalue weighted by molar-refractivity contribution is 7.93. The molecule has 3 heterocycles. The average Bonchev–Trinajstić information content (AvgIpc) is 3.22. The largest absolute Gasteiger partial charge is 0.337 e. The van der Waals surface area contributed by atoms with Gasteiger partial charge < -0.3 is 4.90 Å². The molecule has 1 atom stereocenters. The average molecular weight is 450 g/mol. The lowest BCUT2D eigenvalue weighted by molar-refractivity contribution is -0.129. The normalized spacial score (nSPS) is 17.4. The number of amides is 1. The van der Waals surface area contributed by atoms with Gasteiger partial charge in [0.15, 0.2) is 0 Å². The Bertz CT molecular complexity index is 1160. The van der Waals surface area contributed by atoms with Crippen LogP contribution in [0.2, 0.25) is 5.02 Å². The Morgan fingerprint density at radius 1 is 1.28 bits per heavy atom. The Morgan fingerprint density at radius 3 is 2.79 bits per heavy atom. The van der Waals surface area contributed by atoms with Gasteiger partial charge in [0, 0.05) is 35.2 Å². The summed E-state index contributed by atoms with van der Waals surface area (Å²) < 4.78 is 27.1. The molecule has 1 amide bonds. The van der Waals surface area contributed by atoms with E-state index in [2.05, 4.69) is 10.3 Å². The molecule has 0 unspecified atom stereocenters. The Balaban J connectivity index is 1.45. The van der Waals surface area contributed by atoms with Gasteiger partial charge in [-0.05, 0) is 60.2 Å². The molecule has 1 fully saturated rings. The van der Waals surface area contributed by atoms with Crippen LogP contribution in [-0.4, -0.2) is 42.7 Å². The fourth-order valence-electron chi connectivity index (χ4n) is 3.54.